The lowest BCUT2D eigenvalue weighted by atomic mass is 10.1. The van der Waals surface area contributed by atoms with E-state index < -0.39 is 0 Å². The van der Waals surface area contributed by atoms with E-state index in [1.807, 2.05) is 30.3 Å². The highest BCUT2D eigenvalue weighted by Gasteiger charge is 2.18. The first-order valence-corrected chi connectivity index (χ1v) is 9.86. The normalized spacial score (nSPS) is 12.7. The largest absolute Gasteiger partial charge is 0.482 e. The fraction of sp³-hybridized carbons (Fsp3) is 0.111. The molecule has 1 amide bonds. The van der Waals surface area contributed by atoms with Gasteiger partial charge in [0.1, 0.15) is 5.75 Å². The molecule has 1 aliphatic heterocycles. The van der Waals surface area contributed by atoms with Gasteiger partial charge < -0.3 is 15.4 Å². The van der Waals surface area contributed by atoms with E-state index in [0.29, 0.717) is 26.5 Å². The summed E-state index contributed by atoms with van der Waals surface area (Å²) in [6, 6.07) is 14.7. The molecule has 2 heterocycles. The number of thioether (sulfide) groups is 1. The maximum Gasteiger partial charge on any atom is 0.262 e. The van der Waals surface area contributed by atoms with Gasteiger partial charge in [-0.3, -0.25) is 9.59 Å². The molecule has 0 atom stereocenters. The number of ether oxygens (including phenoxy) is 1. The number of rotatable bonds is 6. The minimum absolute atomic E-state index is 0.00740. The molecular weight excluding hydrogens is 384 g/mol. The summed E-state index contributed by atoms with van der Waals surface area (Å²) < 4.78 is 6.00. The van der Waals surface area contributed by atoms with Crippen LogP contribution in [0.5, 0.6) is 5.75 Å². The fourth-order valence-electron chi connectivity index (χ4n) is 2.43. The van der Waals surface area contributed by atoms with E-state index in [4.69, 9.17) is 4.74 Å². The highest BCUT2D eigenvalue weighted by molar-refractivity contribution is 8.01. The molecule has 0 aliphatic carbocycles. The van der Waals surface area contributed by atoms with Crippen LogP contribution in [0.25, 0.3) is 0 Å². The Bertz CT molecular complexity index is 991. The molecule has 3 aromatic rings. The smallest absolute Gasteiger partial charge is 0.262 e. The van der Waals surface area contributed by atoms with E-state index in [2.05, 4.69) is 20.8 Å². The zero-order valence-electron chi connectivity index (χ0n) is 14.0. The number of hydrogen-bond acceptors (Lipinski definition) is 8. The minimum atomic E-state index is -0.228. The van der Waals surface area contributed by atoms with Gasteiger partial charge in [0, 0.05) is 11.3 Å². The van der Waals surface area contributed by atoms with Gasteiger partial charge in [0.15, 0.2) is 16.7 Å². The van der Waals surface area contributed by atoms with E-state index >= 15 is 0 Å². The molecule has 0 saturated heterocycles. The Morgan fingerprint density at radius 1 is 1.22 bits per heavy atom. The van der Waals surface area contributed by atoms with Gasteiger partial charge in [-0.2, -0.15) is 0 Å². The average molecular weight is 398 g/mol. The number of amides is 1. The van der Waals surface area contributed by atoms with E-state index in [9.17, 15) is 9.59 Å². The Kier molecular flexibility index (Phi) is 5.03. The maximum absolute atomic E-state index is 12.4. The first-order valence-electron chi connectivity index (χ1n) is 8.06. The van der Waals surface area contributed by atoms with Crippen LogP contribution in [0.2, 0.25) is 0 Å². The highest BCUT2D eigenvalue weighted by Crippen LogP contribution is 2.31. The van der Waals surface area contributed by atoms with Crippen LogP contribution < -0.4 is 15.4 Å². The number of nitrogens with one attached hydrogen (secondary N) is 2. The van der Waals surface area contributed by atoms with Gasteiger partial charge in [-0.05, 0) is 30.3 Å². The first kappa shape index (κ1) is 17.5. The van der Waals surface area contributed by atoms with Crippen molar-refractivity contribution in [3.8, 4) is 5.75 Å². The van der Waals surface area contributed by atoms with Crippen LogP contribution in [0.15, 0.2) is 52.9 Å². The van der Waals surface area contributed by atoms with Crippen molar-refractivity contribution in [1.29, 1.82) is 0 Å². The number of aromatic nitrogens is 2. The van der Waals surface area contributed by atoms with Gasteiger partial charge in [-0.15, -0.1) is 10.2 Å². The van der Waals surface area contributed by atoms with Crippen molar-refractivity contribution in [1.82, 2.24) is 10.2 Å². The molecule has 0 fully saturated rings. The number of Topliss-reactive ketones (excluding diaryl/α,β-unsaturated/α-hetero) is 1. The summed E-state index contributed by atoms with van der Waals surface area (Å²) in [5.74, 6) is 0.511. The van der Waals surface area contributed by atoms with Gasteiger partial charge in [0.2, 0.25) is 5.13 Å². The van der Waals surface area contributed by atoms with Crippen LogP contribution in [0.1, 0.15) is 10.4 Å². The molecule has 1 aliphatic rings. The van der Waals surface area contributed by atoms with Crippen LogP contribution in [-0.4, -0.2) is 34.2 Å². The quantitative estimate of drug-likeness (QED) is 0.484. The molecule has 0 radical (unpaired) electrons. The lowest BCUT2D eigenvalue weighted by Crippen LogP contribution is -2.25. The van der Waals surface area contributed by atoms with Gasteiger partial charge >= 0.3 is 0 Å². The predicted molar refractivity (Wildman–Crippen MR) is 105 cm³/mol. The van der Waals surface area contributed by atoms with Crippen LogP contribution in [-0.2, 0) is 4.79 Å². The number of anilines is 3. The monoisotopic (exact) mass is 398 g/mol. The third-order valence-corrected chi connectivity index (χ3v) is 5.66. The fourth-order valence-corrected chi connectivity index (χ4v) is 4.10. The molecule has 0 spiro atoms. The Balaban J connectivity index is 1.37. The van der Waals surface area contributed by atoms with Gasteiger partial charge in [-0.25, -0.2) is 0 Å². The molecule has 1 aromatic heterocycles. The van der Waals surface area contributed by atoms with Crippen LogP contribution in [0, 0.1) is 0 Å². The van der Waals surface area contributed by atoms with Crippen LogP contribution in [0.4, 0.5) is 16.5 Å². The van der Waals surface area contributed by atoms with Crippen molar-refractivity contribution in [2.45, 2.75) is 4.34 Å². The second kappa shape index (κ2) is 7.77. The lowest BCUT2D eigenvalue weighted by molar-refractivity contribution is -0.118. The van der Waals surface area contributed by atoms with E-state index in [1.165, 1.54) is 23.1 Å². The number of para-hydroxylation sites is 1. The zero-order chi connectivity index (χ0) is 18.6. The SMILES string of the molecule is O=C1COc2ccc(C(=O)CSc3nnc(Nc4ccccc4)s3)cc2N1. The van der Waals surface area contributed by atoms with Crippen molar-refractivity contribution in [3.05, 3.63) is 54.1 Å². The van der Waals surface area contributed by atoms with Crippen LogP contribution >= 0.6 is 23.1 Å². The van der Waals surface area contributed by atoms with E-state index in [1.54, 1.807) is 18.2 Å². The number of ketones is 1. The molecule has 7 nitrogen and oxygen atoms in total. The number of carbonyl (C=O) groups excluding carboxylic acids is 2. The summed E-state index contributed by atoms with van der Waals surface area (Å²) in [7, 11) is 0. The molecule has 27 heavy (non-hydrogen) atoms. The third kappa shape index (κ3) is 4.26. The zero-order valence-corrected chi connectivity index (χ0v) is 15.6. The number of nitrogens with zero attached hydrogens (tertiary/aromatic N) is 2. The predicted octanol–water partition coefficient (Wildman–Crippen LogP) is 3.59. The molecule has 136 valence electrons. The maximum atomic E-state index is 12.4. The molecule has 0 bridgehead atoms. The number of fused-ring (bicyclic) bond motifs is 1. The van der Waals surface area contributed by atoms with E-state index in [-0.39, 0.29) is 24.1 Å². The van der Waals surface area contributed by atoms with E-state index in [0.717, 1.165) is 5.69 Å². The first-order chi connectivity index (χ1) is 13.2. The van der Waals surface area contributed by atoms with Gasteiger partial charge in [-0.1, -0.05) is 41.3 Å². The van der Waals surface area contributed by atoms with Crippen molar-refractivity contribution in [2.75, 3.05) is 23.0 Å². The second-order valence-corrected chi connectivity index (χ2v) is 7.82. The molecule has 0 saturated carbocycles. The van der Waals surface area contributed by atoms with Crippen molar-refractivity contribution in [2.24, 2.45) is 0 Å². The number of hydrogen-bond donors (Lipinski definition) is 2. The minimum Gasteiger partial charge on any atom is -0.482 e. The Hall–Kier alpha value is -2.91. The number of benzene rings is 2. The standard InChI is InChI=1S/C18H14N4O3S2/c23-14(11-6-7-15-13(8-11)20-16(24)9-25-15)10-26-18-22-21-17(27-18)19-12-4-2-1-3-5-12/h1-8H,9-10H2,(H,19,21)(H,20,24). The summed E-state index contributed by atoms with van der Waals surface area (Å²) in [5, 5.41) is 14.7. The topological polar surface area (TPSA) is 93.2 Å². The Morgan fingerprint density at radius 3 is 2.93 bits per heavy atom. The van der Waals surface area contributed by atoms with Crippen molar-refractivity contribution < 1.29 is 14.3 Å². The summed E-state index contributed by atoms with van der Waals surface area (Å²) in [4.78, 5) is 23.9. The molecule has 9 heteroatoms. The Labute approximate surface area is 163 Å². The number of carbonyl (C=O) groups is 2. The molecule has 0 unspecified atom stereocenters. The summed E-state index contributed by atoms with van der Waals surface area (Å²) in [6.07, 6.45) is 0. The van der Waals surface area contributed by atoms with Crippen LogP contribution in [0.3, 0.4) is 0 Å². The highest BCUT2D eigenvalue weighted by atomic mass is 32.2. The average Bonchev–Trinajstić information content (AvgIpc) is 3.13. The van der Waals surface area contributed by atoms with Crippen molar-refractivity contribution in [3.63, 3.8) is 0 Å². The molecule has 2 aromatic carbocycles. The molecular formula is C18H14N4O3S2. The summed E-state index contributed by atoms with van der Waals surface area (Å²) in [5.41, 5.74) is 1.96. The second-order valence-electron chi connectivity index (χ2n) is 5.62. The summed E-state index contributed by atoms with van der Waals surface area (Å²) in [6.45, 7) is -0.00740. The van der Waals surface area contributed by atoms with Crippen molar-refractivity contribution >= 4 is 51.3 Å². The lowest BCUT2D eigenvalue weighted by Gasteiger charge is -2.18. The summed E-state index contributed by atoms with van der Waals surface area (Å²) >= 11 is 2.72. The van der Waals surface area contributed by atoms with Gasteiger partial charge in [0.25, 0.3) is 5.91 Å². The molecule has 4 rings (SSSR count). The van der Waals surface area contributed by atoms with Gasteiger partial charge in [0.05, 0.1) is 11.4 Å². The molecule has 2 N–H and O–H groups in total. The Morgan fingerprint density at radius 2 is 2.07 bits per heavy atom. The third-order valence-electron chi connectivity index (χ3n) is 3.69.